The molecule has 102 valence electrons. The van der Waals surface area contributed by atoms with E-state index in [1.54, 1.807) is 0 Å². The van der Waals surface area contributed by atoms with Gasteiger partial charge in [0.25, 0.3) is 0 Å². The lowest BCUT2D eigenvalue weighted by atomic mass is 9.97. The molecular weight excluding hydrogens is 234 g/mol. The molecule has 0 spiro atoms. The van der Waals surface area contributed by atoms with Crippen molar-refractivity contribution in [2.45, 2.75) is 39.3 Å². The van der Waals surface area contributed by atoms with Gasteiger partial charge in [-0.3, -0.25) is 4.68 Å². The van der Waals surface area contributed by atoms with Gasteiger partial charge in [-0.15, -0.1) is 0 Å². The van der Waals surface area contributed by atoms with Crippen LogP contribution < -0.4 is 5.32 Å². The fourth-order valence-corrected chi connectivity index (χ4v) is 2.55. The zero-order chi connectivity index (χ0) is 13.7. The molecular formula is C16H23N3. The Bertz CT molecular complexity index is 490. The summed E-state index contributed by atoms with van der Waals surface area (Å²) >= 11 is 0. The molecule has 3 nitrogen and oxygen atoms in total. The van der Waals surface area contributed by atoms with E-state index in [2.05, 4.69) is 71.5 Å². The van der Waals surface area contributed by atoms with Crippen molar-refractivity contribution in [2.24, 2.45) is 0 Å². The minimum absolute atomic E-state index is 0.301. The van der Waals surface area contributed by atoms with E-state index in [-0.39, 0.29) is 0 Å². The summed E-state index contributed by atoms with van der Waals surface area (Å²) in [6.45, 7) is 7.36. The third-order valence-electron chi connectivity index (χ3n) is 3.47. The van der Waals surface area contributed by atoms with Crippen LogP contribution >= 0.6 is 0 Å². The lowest BCUT2D eigenvalue weighted by Gasteiger charge is -2.28. The van der Waals surface area contributed by atoms with Gasteiger partial charge in [0.15, 0.2) is 0 Å². The number of hydrogen-bond acceptors (Lipinski definition) is 2. The number of hydrogen-bond donors (Lipinski definition) is 1. The Hall–Kier alpha value is -1.61. The van der Waals surface area contributed by atoms with Gasteiger partial charge in [-0.05, 0) is 31.5 Å². The van der Waals surface area contributed by atoms with E-state index >= 15 is 0 Å². The third-order valence-corrected chi connectivity index (χ3v) is 3.47. The van der Waals surface area contributed by atoms with E-state index in [0.717, 1.165) is 18.7 Å². The summed E-state index contributed by atoms with van der Waals surface area (Å²) in [6, 6.07) is 13.3. The van der Waals surface area contributed by atoms with E-state index in [0.29, 0.717) is 12.1 Å². The Labute approximate surface area is 115 Å². The van der Waals surface area contributed by atoms with Crippen LogP contribution in [0.3, 0.4) is 0 Å². The highest BCUT2D eigenvalue weighted by Gasteiger charge is 2.22. The minimum atomic E-state index is 0.301. The van der Waals surface area contributed by atoms with Crippen LogP contribution in [0.25, 0.3) is 0 Å². The first-order chi connectivity index (χ1) is 9.26. The van der Waals surface area contributed by atoms with Gasteiger partial charge in [-0.2, -0.15) is 5.10 Å². The molecule has 0 fully saturated rings. The van der Waals surface area contributed by atoms with Crippen molar-refractivity contribution < 1.29 is 0 Å². The Kier molecular flexibility index (Phi) is 4.74. The zero-order valence-corrected chi connectivity index (χ0v) is 12.0. The van der Waals surface area contributed by atoms with Crippen LogP contribution in [0, 0.1) is 6.92 Å². The predicted molar refractivity (Wildman–Crippen MR) is 79.2 cm³/mol. The predicted octanol–water partition coefficient (Wildman–Crippen LogP) is 3.49. The van der Waals surface area contributed by atoms with Crippen LogP contribution in [0.4, 0.5) is 0 Å². The van der Waals surface area contributed by atoms with Crippen LogP contribution in [-0.2, 0) is 0 Å². The standard InChI is InChI=1S/C16H23N3/c1-4-15(19-12-11-13(3)18-19)16(17-5-2)14-9-7-6-8-10-14/h6-12,15-17H,4-5H2,1-3H3. The molecule has 0 radical (unpaired) electrons. The van der Waals surface area contributed by atoms with E-state index in [9.17, 15) is 0 Å². The van der Waals surface area contributed by atoms with Crippen molar-refractivity contribution in [2.75, 3.05) is 6.54 Å². The first-order valence-corrected chi connectivity index (χ1v) is 7.06. The minimum Gasteiger partial charge on any atom is -0.308 e. The summed E-state index contributed by atoms with van der Waals surface area (Å²) in [4.78, 5) is 0. The molecule has 1 heterocycles. The Morgan fingerprint density at radius 3 is 2.42 bits per heavy atom. The van der Waals surface area contributed by atoms with Gasteiger partial charge >= 0.3 is 0 Å². The van der Waals surface area contributed by atoms with Gasteiger partial charge in [-0.25, -0.2) is 0 Å². The van der Waals surface area contributed by atoms with Gasteiger partial charge in [-0.1, -0.05) is 44.2 Å². The summed E-state index contributed by atoms with van der Waals surface area (Å²) < 4.78 is 2.09. The molecule has 1 aromatic carbocycles. The van der Waals surface area contributed by atoms with Crippen LogP contribution in [0.2, 0.25) is 0 Å². The lowest BCUT2D eigenvalue weighted by Crippen LogP contribution is -2.30. The molecule has 2 unspecified atom stereocenters. The van der Waals surface area contributed by atoms with Crippen molar-refractivity contribution in [3.63, 3.8) is 0 Å². The molecule has 19 heavy (non-hydrogen) atoms. The topological polar surface area (TPSA) is 29.9 Å². The molecule has 2 atom stereocenters. The van der Waals surface area contributed by atoms with E-state index in [1.807, 2.05) is 6.92 Å². The number of nitrogens with zero attached hydrogens (tertiary/aromatic N) is 2. The van der Waals surface area contributed by atoms with Gasteiger partial charge in [0, 0.05) is 6.20 Å². The van der Waals surface area contributed by atoms with Crippen LogP contribution in [0.1, 0.15) is 43.6 Å². The van der Waals surface area contributed by atoms with Gasteiger partial charge in [0.1, 0.15) is 0 Å². The number of aryl methyl sites for hydroxylation is 1. The van der Waals surface area contributed by atoms with Crippen molar-refractivity contribution in [1.29, 1.82) is 0 Å². The first-order valence-electron chi connectivity index (χ1n) is 7.06. The summed E-state index contributed by atoms with van der Waals surface area (Å²) in [5.74, 6) is 0. The van der Waals surface area contributed by atoms with Crippen LogP contribution in [-0.4, -0.2) is 16.3 Å². The average molecular weight is 257 g/mol. The second kappa shape index (κ2) is 6.53. The van der Waals surface area contributed by atoms with E-state index in [1.165, 1.54) is 5.56 Å². The fourth-order valence-electron chi connectivity index (χ4n) is 2.55. The Balaban J connectivity index is 2.31. The second-order valence-corrected chi connectivity index (χ2v) is 4.86. The molecule has 1 N–H and O–H groups in total. The number of rotatable bonds is 6. The van der Waals surface area contributed by atoms with E-state index in [4.69, 9.17) is 0 Å². The average Bonchev–Trinajstić information content (AvgIpc) is 2.86. The molecule has 0 bridgehead atoms. The number of nitrogens with one attached hydrogen (secondary N) is 1. The molecule has 0 aliphatic rings. The van der Waals surface area contributed by atoms with Crippen molar-refractivity contribution in [3.05, 3.63) is 53.9 Å². The second-order valence-electron chi connectivity index (χ2n) is 4.86. The zero-order valence-electron chi connectivity index (χ0n) is 12.0. The fraction of sp³-hybridized carbons (Fsp3) is 0.438. The van der Waals surface area contributed by atoms with Crippen molar-refractivity contribution >= 4 is 0 Å². The molecule has 3 heteroatoms. The maximum atomic E-state index is 4.59. The number of aromatic nitrogens is 2. The summed E-state index contributed by atoms with van der Waals surface area (Å²) in [7, 11) is 0. The van der Waals surface area contributed by atoms with Gasteiger partial charge in [0.2, 0.25) is 0 Å². The largest absolute Gasteiger partial charge is 0.308 e. The molecule has 0 aliphatic carbocycles. The molecule has 0 saturated heterocycles. The smallest absolute Gasteiger partial charge is 0.0711 e. The lowest BCUT2D eigenvalue weighted by molar-refractivity contribution is 0.325. The quantitative estimate of drug-likeness (QED) is 0.858. The monoisotopic (exact) mass is 257 g/mol. The van der Waals surface area contributed by atoms with Crippen molar-refractivity contribution in [1.82, 2.24) is 15.1 Å². The summed E-state index contributed by atoms with van der Waals surface area (Å²) in [5.41, 5.74) is 2.39. The summed E-state index contributed by atoms with van der Waals surface area (Å²) in [6.07, 6.45) is 3.13. The maximum absolute atomic E-state index is 4.59. The SMILES string of the molecule is CCNC(c1ccccc1)C(CC)n1ccc(C)n1. The maximum Gasteiger partial charge on any atom is 0.0711 e. The normalized spacial score (nSPS) is 14.3. The first kappa shape index (κ1) is 13.8. The molecule has 2 rings (SSSR count). The molecule has 0 aliphatic heterocycles. The van der Waals surface area contributed by atoms with Gasteiger partial charge < -0.3 is 5.32 Å². The Morgan fingerprint density at radius 1 is 1.16 bits per heavy atom. The highest BCUT2D eigenvalue weighted by Crippen LogP contribution is 2.28. The number of benzene rings is 1. The number of likely N-dealkylation sites (N-methyl/N-ethyl adjacent to an activating group) is 1. The molecule has 2 aromatic rings. The van der Waals surface area contributed by atoms with E-state index < -0.39 is 0 Å². The van der Waals surface area contributed by atoms with Crippen molar-refractivity contribution in [3.8, 4) is 0 Å². The molecule has 0 saturated carbocycles. The third kappa shape index (κ3) is 3.24. The molecule has 0 amide bonds. The molecule has 1 aromatic heterocycles. The van der Waals surface area contributed by atoms with Gasteiger partial charge in [0.05, 0.1) is 17.8 Å². The Morgan fingerprint density at radius 2 is 1.89 bits per heavy atom. The summed E-state index contributed by atoms with van der Waals surface area (Å²) in [5, 5.41) is 8.18. The highest BCUT2D eigenvalue weighted by molar-refractivity contribution is 5.20. The highest BCUT2D eigenvalue weighted by atomic mass is 15.3. The van der Waals surface area contributed by atoms with Crippen LogP contribution in [0.15, 0.2) is 42.6 Å². The van der Waals surface area contributed by atoms with Crippen LogP contribution in [0.5, 0.6) is 0 Å².